The summed E-state index contributed by atoms with van der Waals surface area (Å²) < 4.78 is 71.7. The van der Waals surface area contributed by atoms with Gasteiger partial charge in [0.25, 0.3) is 0 Å². The summed E-state index contributed by atoms with van der Waals surface area (Å²) in [6, 6.07) is 0. The van der Waals surface area contributed by atoms with Crippen LogP contribution in [0, 0.1) is 0 Å². The molecule has 1 fully saturated rings. The molecule has 0 aromatic heterocycles. The average molecular weight is 318 g/mol. The van der Waals surface area contributed by atoms with Gasteiger partial charge in [0.05, 0.1) is 6.10 Å². The summed E-state index contributed by atoms with van der Waals surface area (Å²) in [5.74, 6) is -4.56. The molecule has 21 heavy (non-hydrogen) atoms. The first kappa shape index (κ1) is 18.6. The number of ether oxygens (including phenoxy) is 2. The van der Waals surface area contributed by atoms with Crippen molar-refractivity contribution in [2.45, 2.75) is 69.6 Å². The first-order valence-electron chi connectivity index (χ1n) is 7.47. The van der Waals surface area contributed by atoms with E-state index in [0.29, 0.717) is 32.5 Å². The van der Waals surface area contributed by atoms with Crippen LogP contribution in [0.25, 0.3) is 0 Å². The molecule has 1 aliphatic heterocycles. The second-order valence-corrected chi connectivity index (χ2v) is 5.40. The van der Waals surface area contributed by atoms with Crippen LogP contribution in [0.5, 0.6) is 0 Å². The van der Waals surface area contributed by atoms with E-state index in [0.717, 1.165) is 25.9 Å². The zero-order chi connectivity index (χ0) is 15.8. The monoisotopic (exact) mass is 318 g/mol. The molecule has 1 heterocycles. The molecule has 1 atom stereocenters. The molecule has 126 valence electrons. The highest BCUT2D eigenvalue weighted by Crippen LogP contribution is 2.39. The average Bonchev–Trinajstić information content (AvgIpc) is 2.88. The maximum absolute atomic E-state index is 12.6. The molecular weight excluding hydrogens is 295 g/mol. The fourth-order valence-corrected chi connectivity index (χ4v) is 2.24. The van der Waals surface area contributed by atoms with E-state index in [2.05, 4.69) is 0 Å². The summed E-state index contributed by atoms with van der Waals surface area (Å²) in [7, 11) is 0. The molecule has 0 bridgehead atoms. The molecule has 0 aromatic carbocycles. The van der Waals surface area contributed by atoms with Gasteiger partial charge >= 0.3 is 12.1 Å². The minimum absolute atomic E-state index is 0.123. The molecule has 0 aromatic rings. The molecule has 1 saturated heterocycles. The van der Waals surface area contributed by atoms with E-state index in [9.17, 15) is 22.0 Å². The Bertz CT molecular complexity index is 275. The van der Waals surface area contributed by atoms with E-state index in [4.69, 9.17) is 9.47 Å². The van der Waals surface area contributed by atoms with Crippen molar-refractivity contribution in [3.05, 3.63) is 0 Å². The van der Waals surface area contributed by atoms with Crippen molar-refractivity contribution in [1.29, 1.82) is 0 Å². The van der Waals surface area contributed by atoms with E-state index < -0.39 is 18.5 Å². The van der Waals surface area contributed by atoms with Crippen LogP contribution in [-0.4, -0.2) is 38.0 Å². The molecule has 0 radical (unpaired) electrons. The second-order valence-electron chi connectivity index (χ2n) is 5.40. The van der Waals surface area contributed by atoms with Gasteiger partial charge in [-0.05, 0) is 32.1 Å². The lowest BCUT2D eigenvalue weighted by Gasteiger charge is -2.19. The first-order chi connectivity index (χ1) is 9.83. The Morgan fingerprint density at radius 2 is 1.67 bits per heavy atom. The van der Waals surface area contributed by atoms with Crippen LogP contribution < -0.4 is 0 Å². The molecule has 1 aliphatic rings. The highest BCUT2D eigenvalue weighted by Gasteiger charge is 2.56. The summed E-state index contributed by atoms with van der Waals surface area (Å²) in [5, 5.41) is 0. The predicted molar refractivity (Wildman–Crippen MR) is 68.5 cm³/mol. The maximum Gasteiger partial charge on any atom is 0.453 e. The smallest absolute Gasteiger partial charge is 0.381 e. The van der Waals surface area contributed by atoms with Gasteiger partial charge in [-0.15, -0.1) is 0 Å². The van der Waals surface area contributed by atoms with Crippen molar-refractivity contribution in [2.24, 2.45) is 0 Å². The van der Waals surface area contributed by atoms with Crippen LogP contribution in [0.4, 0.5) is 22.0 Å². The van der Waals surface area contributed by atoms with Crippen molar-refractivity contribution < 1.29 is 31.4 Å². The lowest BCUT2D eigenvalue weighted by Crippen LogP contribution is -2.36. The molecule has 0 saturated carbocycles. The summed E-state index contributed by atoms with van der Waals surface area (Å²) >= 11 is 0. The normalized spacial score (nSPS) is 20.1. The summed E-state index contributed by atoms with van der Waals surface area (Å²) in [4.78, 5) is 0. The predicted octanol–water partition coefficient (Wildman–Crippen LogP) is 4.72. The third-order valence-corrected chi connectivity index (χ3v) is 3.55. The summed E-state index contributed by atoms with van der Waals surface area (Å²) in [5.41, 5.74) is 0. The fraction of sp³-hybridized carbons (Fsp3) is 1.00. The molecule has 0 N–H and O–H groups in total. The lowest BCUT2D eigenvalue weighted by molar-refractivity contribution is -0.284. The number of unbranched alkanes of at least 4 members (excludes halogenated alkanes) is 3. The minimum atomic E-state index is -5.43. The first-order valence-corrected chi connectivity index (χ1v) is 7.47. The zero-order valence-corrected chi connectivity index (χ0v) is 12.1. The topological polar surface area (TPSA) is 18.5 Å². The number of hydrogen-bond donors (Lipinski definition) is 0. The van der Waals surface area contributed by atoms with Gasteiger partial charge in [0.2, 0.25) is 0 Å². The van der Waals surface area contributed by atoms with E-state index >= 15 is 0 Å². The number of rotatable bonds is 10. The zero-order valence-electron chi connectivity index (χ0n) is 12.1. The molecule has 7 heteroatoms. The fourth-order valence-electron chi connectivity index (χ4n) is 2.24. The van der Waals surface area contributed by atoms with Crippen LogP contribution in [0.15, 0.2) is 0 Å². The van der Waals surface area contributed by atoms with Gasteiger partial charge in [-0.2, -0.15) is 22.0 Å². The molecule has 0 amide bonds. The van der Waals surface area contributed by atoms with Crippen molar-refractivity contribution in [2.75, 3.05) is 19.8 Å². The van der Waals surface area contributed by atoms with E-state index in [1.165, 1.54) is 0 Å². The van der Waals surface area contributed by atoms with Crippen molar-refractivity contribution >= 4 is 0 Å². The number of halogens is 5. The SMILES string of the molecule is FC(F)(F)C(F)(F)CCCCCCOCCC1CCCO1. The van der Waals surface area contributed by atoms with Crippen LogP contribution in [-0.2, 0) is 9.47 Å². The lowest BCUT2D eigenvalue weighted by atomic mass is 10.1. The van der Waals surface area contributed by atoms with Crippen molar-refractivity contribution in [3.8, 4) is 0 Å². The Morgan fingerprint density at radius 1 is 0.952 bits per heavy atom. The molecule has 1 unspecified atom stereocenters. The highest BCUT2D eigenvalue weighted by molar-refractivity contribution is 4.75. The van der Waals surface area contributed by atoms with Crippen molar-refractivity contribution in [3.63, 3.8) is 0 Å². The van der Waals surface area contributed by atoms with E-state index in [1.807, 2.05) is 0 Å². The standard InChI is InChI=1S/C14H23F5O2/c15-13(16,14(17,18)19)8-3-1-2-4-9-20-11-7-12-6-5-10-21-12/h12H,1-11H2. The Morgan fingerprint density at radius 3 is 2.29 bits per heavy atom. The number of alkyl halides is 5. The second kappa shape index (κ2) is 8.88. The Hall–Kier alpha value is -0.430. The van der Waals surface area contributed by atoms with Crippen LogP contribution in [0.3, 0.4) is 0 Å². The van der Waals surface area contributed by atoms with Gasteiger partial charge in [0, 0.05) is 26.2 Å². The molecule has 0 spiro atoms. The number of hydrogen-bond acceptors (Lipinski definition) is 2. The summed E-state index contributed by atoms with van der Waals surface area (Å²) in [6.45, 7) is 1.94. The molecule has 2 nitrogen and oxygen atoms in total. The molecular formula is C14H23F5O2. The third kappa shape index (κ3) is 7.40. The van der Waals surface area contributed by atoms with Gasteiger partial charge in [-0.3, -0.25) is 0 Å². The summed E-state index contributed by atoms with van der Waals surface area (Å²) in [6.07, 6.45) is -1.73. The quantitative estimate of drug-likeness (QED) is 0.428. The van der Waals surface area contributed by atoms with E-state index in [-0.39, 0.29) is 12.5 Å². The van der Waals surface area contributed by atoms with Gasteiger partial charge in [0.15, 0.2) is 0 Å². The van der Waals surface area contributed by atoms with Gasteiger partial charge < -0.3 is 9.47 Å². The van der Waals surface area contributed by atoms with Gasteiger partial charge in [-0.25, -0.2) is 0 Å². The Labute approximate surface area is 122 Å². The van der Waals surface area contributed by atoms with Crippen molar-refractivity contribution in [1.82, 2.24) is 0 Å². The Kier molecular flexibility index (Phi) is 7.87. The molecule has 1 rings (SSSR count). The molecule has 0 aliphatic carbocycles. The minimum Gasteiger partial charge on any atom is -0.381 e. The van der Waals surface area contributed by atoms with Gasteiger partial charge in [-0.1, -0.05) is 12.8 Å². The van der Waals surface area contributed by atoms with Crippen LogP contribution in [0.1, 0.15) is 51.4 Å². The van der Waals surface area contributed by atoms with E-state index in [1.54, 1.807) is 0 Å². The van der Waals surface area contributed by atoms with Crippen LogP contribution in [0.2, 0.25) is 0 Å². The van der Waals surface area contributed by atoms with Crippen LogP contribution >= 0.6 is 0 Å². The Balaban J connectivity index is 1.88. The largest absolute Gasteiger partial charge is 0.453 e. The van der Waals surface area contributed by atoms with Gasteiger partial charge in [0.1, 0.15) is 0 Å². The third-order valence-electron chi connectivity index (χ3n) is 3.55. The maximum atomic E-state index is 12.6. The highest BCUT2D eigenvalue weighted by atomic mass is 19.4.